The number of hydrogen-bond acceptors (Lipinski definition) is 6. The molecule has 45 heavy (non-hydrogen) atoms. The zero-order valence-corrected chi connectivity index (χ0v) is 25.9. The van der Waals surface area contributed by atoms with Gasteiger partial charge in [-0.25, -0.2) is 4.79 Å². The van der Waals surface area contributed by atoms with Gasteiger partial charge in [0.2, 0.25) is 17.7 Å². The summed E-state index contributed by atoms with van der Waals surface area (Å²) in [7, 11) is 0. The molecule has 4 aromatic rings. The molecule has 3 aromatic carbocycles. The largest absolute Gasteiger partial charge is 0.480 e. The molecule has 0 aliphatic heterocycles. The van der Waals surface area contributed by atoms with Crippen molar-refractivity contribution in [1.82, 2.24) is 20.9 Å². The Hall–Kier alpha value is -4.61. The molecule has 0 radical (unpaired) electrons. The molecule has 10 nitrogen and oxygen atoms in total. The molecule has 0 aliphatic rings. The van der Waals surface area contributed by atoms with E-state index in [4.69, 9.17) is 5.73 Å². The van der Waals surface area contributed by atoms with Gasteiger partial charge in [-0.1, -0.05) is 78.9 Å². The van der Waals surface area contributed by atoms with Crippen molar-refractivity contribution < 1.29 is 24.3 Å². The lowest BCUT2D eigenvalue weighted by atomic mass is 10.0. The van der Waals surface area contributed by atoms with Crippen molar-refractivity contribution >= 4 is 46.4 Å². The maximum atomic E-state index is 13.8. The molecule has 0 saturated carbocycles. The number of carbonyl (C=O) groups excluding carboxylic acids is 3. The van der Waals surface area contributed by atoms with E-state index in [9.17, 15) is 24.3 Å². The molecule has 1 aromatic heterocycles. The minimum Gasteiger partial charge on any atom is -0.480 e. The normalized spacial score (nSPS) is 13.7. The van der Waals surface area contributed by atoms with Crippen LogP contribution in [0.2, 0.25) is 0 Å². The van der Waals surface area contributed by atoms with Crippen molar-refractivity contribution in [3.63, 3.8) is 0 Å². The summed E-state index contributed by atoms with van der Waals surface area (Å²) < 4.78 is 0. The molecule has 0 fully saturated rings. The van der Waals surface area contributed by atoms with E-state index in [-0.39, 0.29) is 19.3 Å². The molecule has 1 heterocycles. The number of carboxylic acid groups (broad SMARTS) is 1. The van der Waals surface area contributed by atoms with Crippen LogP contribution in [0.15, 0.2) is 91.1 Å². The standard InChI is InChI=1S/C34H39N5O5S/c1-45-17-16-26(35)31(40)37-28(18-22-10-4-2-5-11-22)32(41)38-29(19-23-12-6-3-7-13-23)33(42)39-30(34(43)44)20-24-21-36-27-15-9-8-14-25(24)27/h2-15,21,26,28-30,36H,16-20,35H2,1H3,(H,37,40)(H,38,41)(H,39,42)(H,43,44). The number of carbonyl (C=O) groups is 4. The SMILES string of the molecule is CSCCC(N)C(=O)NC(Cc1ccccc1)C(=O)NC(Cc1ccccc1)C(=O)NC(Cc1c[nH]c2ccccc12)C(=O)O. The number of H-pyrrole nitrogens is 1. The highest BCUT2D eigenvalue weighted by molar-refractivity contribution is 7.98. The Kier molecular flexibility index (Phi) is 12.2. The molecule has 11 heteroatoms. The number of nitrogens with one attached hydrogen (secondary N) is 4. The van der Waals surface area contributed by atoms with Gasteiger partial charge in [-0.2, -0.15) is 11.8 Å². The fourth-order valence-corrected chi connectivity index (χ4v) is 5.53. The molecular formula is C34H39N5O5S. The van der Waals surface area contributed by atoms with Crippen molar-refractivity contribution in [3.8, 4) is 0 Å². The van der Waals surface area contributed by atoms with Crippen LogP contribution in [0.5, 0.6) is 0 Å². The molecule has 236 valence electrons. The predicted molar refractivity (Wildman–Crippen MR) is 177 cm³/mol. The van der Waals surface area contributed by atoms with Crippen LogP contribution in [-0.2, 0) is 38.4 Å². The van der Waals surface area contributed by atoms with Crippen molar-refractivity contribution in [2.24, 2.45) is 5.73 Å². The van der Waals surface area contributed by atoms with Crippen LogP contribution in [0, 0.1) is 0 Å². The Balaban J connectivity index is 1.55. The summed E-state index contributed by atoms with van der Waals surface area (Å²) in [6.07, 6.45) is 4.42. The van der Waals surface area contributed by atoms with Gasteiger partial charge in [0.25, 0.3) is 0 Å². The summed E-state index contributed by atoms with van der Waals surface area (Å²) >= 11 is 1.57. The van der Waals surface area contributed by atoms with Crippen LogP contribution in [0.4, 0.5) is 0 Å². The average molecular weight is 630 g/mol. The van der Waals surface area contributed by atoms with E-state index < -0.39 is 47.9 Å². The smallest absolute Gasteiger partial charge is 0.326 e. The van der Waals surface area contributed by atoms with Crippen LogP contribution in [0.1, 0.15) is 23.1 Å². The van der Waals surface area contributed by atoms with Crippen LogP contribution in [0.25, 0.3) is 10.9 Å². The van der Waals surface area contributed by atoms with Gasteiger partial charge in [-0.15, -0.1) is 0 Å². The first-order valence-electron chi connectivity index (χ1n) is 14.8. The Morgan fingerprint density at radius 3 is 1.80 bits per heavy atom. The van der Waals surface area contributed by atoms with Crippen LogP contribution in [0.3, 0.4) is 0 Å². The van der Waals surface area contributed by atoms with Gasteiger partial charge in [0.15, 0.2) is 0 Å². The Labute approximate surface area is 266 Å². The topological polar surface area (TPSA) is 166 Å². The van der Waals surface area contributed by atoms with Crippen molar-refractivity contribution in [2.75, 3.05) is 12.0 Å². The maximum absolute atomic E-state index is 13.8. The monoisotopic (exact) mass is 629 g/mol. The minimum absolute atomic E-state index is 0.0394. The Morgan fingerprint density at radius 2 is 1.24 bits per heavy atom. The Morgan fingerprint density at radius 1 is 0.733 bits per heavy atom. The highest BCUT2D eigenvalue weighted by Gasteiger charge is 2.31. The first-order chi connectivity index (χ1) is 21.7. The van der Waals surface area contributed by atoms with E-state index >= 15 is 0 Å². The molecule has 0 spiro atoms. The third-order valence-electron chi connectivity index (χ3n) is 7.51. The molecule has 4 unspecified atom stereocenters. The molecule has 0 bridgehead atoms. The van der Waals surface area contributed by atoms with Crippen molar-refractivity contribution in [1.29, 1.82) is 0 Å². The van der Waals surface area contributed by atoms with Crippen LogP contribution in [-0.4, -0.2) is 70.0 Å². The van der Waals surface area contributed by atoms with Gasteiger partial charge < -0.3 is 31.8 Å². The van der Waals surface area contributed by atoms with E-state index in [1.165, 1.54) is 0 Å². The number of aromatic amines is 1. The van der Waals surface area contributed by atoms with Gasteiger partial charge >= 0.3 is 5.97 Å². The number of aliphatic carboxylic acids is 1. The number of amides is 3. The second-order valence-corrected chi connectivity index (χ2v) is 11.8. The number of aromatic nitrogens is 1. The molecular weight excluding hydrogens is 590 g/mol. The van der Waals surface area contributed by atoms with Crippen LogP contribution >= 0.6 is 11.8 Å². The fraction of sp³-hybridized carbons (Fsp3) is 0.294. The summed E-state index contributed by atoms with van der Waals surface area (Å²) in [5.41, 5.74) is 9.27. The zero-order chi connectivity index (χ0) is 32.2. The van der Waals surface area contributed by atoms with E-state index in [1.54, 1.807) is 18.0 Å². The summed E-state index contributed by atoms with van der Waals surface area (Å²) in [6.45, 7) is 0. The van der Waals surface area contributed by atoms with E-state index in [0.29, 0.717) is 12.2 Å². The molecule has 3 amide bonds. The number of fused-ring (bicyclic) bond motifs is 1. The highest BCUT2D eigenvalue weighted by atomic mass is 32.2. The van der Waals surface area contributed by atoms with Crippen LogP contribution < -0.4 is 21.7 Å². The maximum Gasteiger partial charge on any atom is 0.326 e. The van der Waals surface area contributed by atoms with Crippen molar-refractivity contribution in [3.05, 3.63) is 108 Å². The average Bonchev–Trinajstić information content (AvgIpc) is 3.46. The summed E-state index contributed by atoms with van der Waals surface area (Å²) in [5.74, 6) is -2.21. The van der Waals surface area contributed by atoms with Gasteiger partial charge in [-0.05, 0) is 41.2 Å². The van der Waals surface area contributed by atoms with E-state index in [2.05, 4.69) is 20.9 Å². The van der Waals surface area contributed by atoms with Gasteiger partial charge in [0, 0.05) is 36.4 Å². The minimum atomic E-state index is -1.25. The van der Waals surface area contributed by atoms with Crippen molar-refractivity contribution in [2.45, 2.75) is 49.9 Å². The number of para-hydroxylation sites is 1. The molecule has 7 N–H and O–H groups in total. The van der Waals surface area contributed by atoms with E-state index in [1.807, 2.05) is 91.2 Å². The number of nitrogens with two attached hydrogens (primary N) is 1. The number of carboxylic acids is 1. The second kappa shape index (κ2) is 16.5. The summed E-state index contributed by atoms with van der Waals surface area (Å²) in [5, 5.41) is 19.1. The molecule has 0 aliphatic carbocycles. The summed E-state index contributed by atoms with van der Waals surface area (Å²) in [6, 6.07) is 21.6. The van der Waals surface area contributed by atoms with Gasteiger partial charge in [-0.3, -0.25) is 14.4 Å². The van der Waals surface area contributed by atoms with Gasteiger partial charge in [0.05, 0.1) is 6.04 Å². The summed E-state index contributed by atoms with van der Waals surface area (Å²) in [4.78, 5) is 55.9. The highest BCUT2D eigenvalue weighted by Crippen LogP contribution is 2.19. The quantitative estimate of drug-likeness (QED) is 0.111. The number of benzene rings is 3. The molecule has 0 saturated heterocycles. The lowest BCUT2D eigenvalue weighted by molar-refractivity contribution is -0.142. The lowest BCUT2D eigenvalue weighted by Crippen LogP contribution is -2.58. The molecule has 4 rings (SSSR count). The predicted octanol–water partition coefficient (Wildman–Crippen LogP) is 2.82. The fourth-order valence-electron chi connectivity index (χ4n) is 5.04. The van der Waals surface area contributed by atoms with Gasteiger partial charge in [0.1, 0.15) is 18.1 Å². The van der Waals surface area contributed by atoms with E-state index in [0.717, 1.165) is 27.6 Å². The first-order valence-corrected chi connectivity index (χ1v) is 16.2. The first kappa shape index (κ1) is 33.3. The number of hydrogen-bond donors (Lipinski definition) is 6. The lowest BCUT2D eigenvalue weighted by Gasteiger charge is -2.25. The Bertz CT molecular complexity index is 1580. The zero-order valence-electron chi connectivity index (χ0n) is 25.1. The second-order valence-electron chi connectivity index (χ2n) is 10.9. The third kappa shape index (κ3) is 9.69. The number of thioether (sulfide) groups is 1. The third-order valence-corrected chi connectivity index (χ3v) is 8.16. The molecule has 4 atom stereocenters. The number of rotatable bonds is 16.